The zero-order valence-corrected chi connectivity index (χ0v) is 14.2. The molecule has 132 valence electrons. The first-order valence-electron chi connectivity index (χ1n) is 8.60. The zero-order chi connectivity index (χ0) is 17.3. The van der Waals surface area contributed by atoms with Gasteiger partial charge in [-0.15, -0.1) is 0 Å². The van der Waals surface area contributed by atoms with Crippen molar-refractivity contribution in [3.63, 3.8) is 0 Å². The van der Waals surface area contributed by atoms with Crippen molar-refractivity contribution in [3.05, 3.63) is 54.5 Å². The summed E-state index contributed by atoms with van der Waals surface area (Å²) in [6.07, 6.45) is 5.89. The summed E-state index contributed by atoms with van der Waals surface area (Å²) in [4.78, 5) is 22.4. The summed E-state index contributed by atoms with van der Waals surface area (Å²) in [7, 11) is 0. The van der Waals surface area contributed by atoms with Crippen molar-refractivity contribution >= 4 is 11.8 Å². The average Bonchev–Trinajstić information content (AvgIpc) is 3.07. The molecule has 3 rings (SSSR count). The van der Waals surface area contributed by atoms with Gasteiger partial charge in [-0.05, 0) is 12.0 Å². The molecular formula is C18H24N6O. The van der Waals surface area contributed by atoms with Crippen molar-refractivity contribution in [3.8, 4) is 0 Å². The number of nitrogens with one attached hydrogen (secondary N) is 3. The molecule has 1 aromatic heterocycles. The molecule has 2 amide bonds. The number of nitrogens with zero attached hydrogens (tertiary/aromatic N) is 3. The third kappa shape index (κ3) is 5.72. The minimum Gasteiger partial charge on any atom is -0.367 e. The summed E-state index contributed by atoms with van der Waals surface area (Å²) >= 11 is 0. The predicted molar refractivity (Wildman–Crippen MR) is 97.2 cm³/mol. The van der Waals surface area contributed by atoms with Crippen LogP contribution >= 0.6 is 0 Å². The molecule has 0 aliphatic carbocycles. The monoisotopic (exact) mass is 340 g/mol. The Kier molecular flexibility index (Phi) is 6.17. The molecule has 0 radical (unpaired) electrons. The molecule has 1 unspecified atom stereocenters. The number of anilines is 1. The standard InChI is InChI=1S/C18H24N6O/c25-18(22-10-9-21-17-12-19-7-8-20-17)23-16-6-11-24(14-16)13-15-4-2-1-3-5-15/h1-5,7-8,12,16H,6,9-11,13-14H2,(H,20,21)(H2,22,23,25). The molecule has 1 saturated heterocycles. The normalized spacial score (nSPS) is 17.2. The van der Waals surface area contributed by atoms with Crippen molar-refractivity contribution in [2.24, 2.45) is 0 Å². The quantitative estimate of drug-likeness (QED) is 0.665. The third-order valence-electron chi connectivity index (χ3n) is 4.14. The first-order chi connectivity index (χ1) is 12.3. The van der Waals surface area contributed by atoms with Crippen molar-refractivity contribution in [2.75, 3.05) is 31.5 Å². The van der Waals surface area contributed by atoms with E-state index < -0.39 is 0 Å². The fourth-order valence-electron chi connectivity index (χ4n) is 2.93. The largest absolute Gasteiger partial charge is 0.367 e. The predicted octanol–water partition coefficient (Wildman–Crippen LogP) is 1.46. The molecule has 7 heteroatoms. The van der Waals surface area contributed by atoms with Crippen LogP contribution in [-0.4, -0.2) is 53.1 Å². The zero-order valence-electron chi connectivity index (χ0n) is 14.2. The maximum Gasteiger partial charge on any atom is 0.315 e. The topological polar surface area (TPSA) is 82.2 Å². The van der Waals surface area contributed by atoms with Crippen LogP contribution in [0, 0.1) is 0 Å². The Morgan fingerprint density at radius 3 is 2.88 bits per heavy atom. The van der Waals surface area contributed by atoms with Gasteiger partial charge in [0.05, 0.1) is 6.20 Å². The lowest BCUT2D eigenvalue weighted by atomic mass is 10.2. The molecule has 0 bridgehead atoms. The van der Waals surface area contributed by atoms with Crippen molar-refractivity contribution in [1.29, 1.82) is 0 Å². The van der Waals surface area contributed by atoms with E-state index in [0.717, 1.165) is 26.1 Å². The van der Waals surface area contributed by atoms with Crippen LogP contribution in [0.2, 0.25) is 0 Å². The molecule has 0 spiro atoms. The summed E-state index contributed by atoms with van der Waals surface area (Å²) in [5, 5.41) is 9.01. The lowest BCUT2D eigenvalue weighted by molar-refractivity contribution is 0.236. The summed E-state index contributed by atoms with van der Waals surface area (Å²) in [6.45, 7) is 3.97. The molecule has 1 aliphatic rings. The molecule has 3 N–H and O–H groups in total. The van der Waals surface area contributed by atoms with E-state index in [1.807, 2.05) is 6.07 Å². The molecule has 25 heavy (non-hydrogen) atoms. The summed E-state index contributed by atoms with van der Waals surface area (Å²) in [6, 6.07) is 10.5. The molecule has 0 saturated carbocycles. The fraction of sp³-hybridized carbons (Fsp3) is 0.389. The number of carbonyl (C=O) groups excluding carboxylic acids is 1. The van der Waals surface area contributed by atoms with Gasteiger partial charge in [-0.25, -0.2) is 9.78 Å². The van der Waals surface area contributed by atoms with E-state index in [-0.39, 0.29) is 12.1 Å². The van der Waals surface area contributed by atoms with E-state index in [4.69, 9.17) is 0 Å². The van der Waals surface area contributed by atoms with E-state index in [9.17, 15) is 4.79 Å². The van der Waals surface area contributed by atoms with Gasteiger partial charge in [0.1, 0.15) is 5.82 Å². The first-order valence-corrected chi connectivity index (χ1v) is 8.60. The Labute approximate surface area is 147 Å². The molecule has 7 nitrogen and oxygen atoms in total. The Bertz CT molecular complexity index is 651. The average molecular weight is 340 g/mol. The number of hydrogen-bond acceptors (Lipinski definition) is 5. The number of likely N-dealkylation sites (tertiary alicyclic amines) is 1. The number of aromatic nitrogens is 2. The van der Waals surface area contributed by atoms with Gasteiger partial charge < -0.3 is 16.0 Å². The molecule has 1 aliphatic heterocycles. The number of benzene rings is 1. The van der Waals surface area contributed by atoms with Gasteiger partial charge >= 0.3 is 6.03 Å². The lowest BCUT2D eigenvalue weighted by Crippen LogP contribution is -2.44. The minimum absolute atomic E-state index is 0.118. The molecule has 1 atom stereocenters. The minimum atomic E-state index is -0.118. The summed E-state index contributed by atoms with van der Waals surface area (Å²) in [5.41, 5.74) is 1.31. The smallest absolute Gasteiger partial charge is 0.315 e. The number of carbonyl (C=O) groups is 1. The maximum absolute atomic E-state index is 12.0. The molecular weight excluding hydrogens is 316 g/mol. The van der Waals surface area contributed by atoms with Crippen molar-refractivity contribution < 1.29 is 4.79 Å². The highest BCUT2D eigenvalue weighted by atomic mass is 16.2. The van der Waals surface area contributed by atoms with Gasteiger partial charge in [0, 0.05) is 51.2 Å². The van der Waals surface area contributed by atoms with Gasteiger partial charge in [0.25, 0.3) is 0 Å². The van der Waals surface area contributed by atoms with Gasteiger partial charge in [-0.2, -0.15) is 0 Å². The van der Waals surface area contributed by atoms with E-state index in [2.05, 4.69) is 55.1 Å². The lowest BCUT2D eigenvalue weighted by Gasteiger charge is -2.17. The van der Waals surface area contributed by atoms with Crippen LogP contribution in [0.4, 0.5) is 10.6 Å². The number of urea groups is 1. The van der Waals surface area contributed by atoms with Gasteiger partial charge in [0.15, 0.2) is 0 Å². The molecule has 1 aromatic carbocycles. The Hall–Kier alpha value is -2.67. The van der Waals surface area contributed by atoms with E-state index in [1.54, 1.807) is 18.6 Å². The van der Waals surface area contributed by atoms with Gasteiger partial charge in [-0.1, -0.05) is 30.3 Å². The van der Waals surface area contributed by atoms with Crippen LogP contribution in [0.25, 0.3) is 0 Å². The highest BCUT2D eigenvalue weighted by Gasteiger charge is 2.23. The van der Waals surface area contributed by atoms with E-state index in [0.29, 0.717) is 18.9 Å². The highest BCUT2D eigenvalue weighted by molar-refractivity contribution is 5.74. The fourth-order valence-corrected chi connectivity index (χ4v) is 2.93. The maximum atomic E-state index is 12.0. The SMILES string of the molecule is O=C(NCCNc1cnccn1)NC1CCN(Cc2ccccc2)C1. The van der Waals surface area contributed by atoms with Crippen LogP contribution in [0.1, 0.15) is 12.0 Å². The Morgan fingerprint density at radius 2 is 2.08 bits per heavy atom. The van der Waals surface area contributed by atoms with Crippen LogP contribution in [0.15, 0.2) is 48.9 Å². The second kappa shape index (κ2) is 8.98. The van der Waals surface area contributed by atoms with E-state index >= 15 is 0 Å². The van der Waals surface area contributed by atoms with Gasteiger partial charge in [0.2, 0.25) is 0 Å². The second-order valence-corrected chi connectivity index (χ2v) is 6.12. The Morgan fingerprint density at radius 1 is 1.20 bits per heavy atom. The molecule has 1 fully saturated rings. The number of amides is 2. The summed E-state index contributed by atoms with van der Waals surface area (Å²) in [5.74, 6) is 0.706. The number of hydrogen-bond donors (Lipinski definition) is 3. The summed E-state index contributed by atoms with van der Waals surface area (Å²) < 4.78 is 0. The van der Waals surface area contributed by atoms with Crippen molar-refractivity contribution in [1.82, 2.24) is 25.5 Å². The number of rotatable bonds is 7. The van der Waals surface area contributed by atoms with Gasteiger partial charge in [-0.3, -0.25) is 9.88 Å². The van der Waals surface area contributed by atoms with E-state index in [1.165, 1.54) is 5.56 Å². The first kappa shape index (κ1) is 17.2. The van der Waals surface area contributed by atoms with Crippen molar-refractivity contribution in [2.45, 2.75) is 19.0 Å². The van der Waals surface area contributed by atoms with Crippen LogP contribution in [0.5, 0.6) is 0 Å². The second-order valence-electron chi connectivity index (χ2n) is 6.12. The molecule has 2 aromatic rings. The van der Waals surface area contributed by atoms with Crippen LogP contribution in [0.3, 0.4) is 0 Å². The third-order valence-corrected chi connectivity index (χ3v) is 4.14. The molecule has 2 heterocycles. The Balaban J connectivity index is 1.31. The van der Waals surface area contributed by atoms with Crippen LogP contribution in [-0.2, 0) is 6.54 Å². The van der Waals surface area contributed by atoms with Crippen LogP contribution < -0.4 is 16.0 Å². The highest BCUT2D eigenvalue weighted by Crippen LogP contribution is 2.13.